The number of rotatable bonds is 6. The minimum atomic E-state index is -0.178. The second-order valence-electron chi connectivity index (χ2n) is 6.51. The first-order valence-electron chi connectivity index (χ1n) is 9.11. The molecule has 0 radical (unpaired) electrons. The third-order valence-electron chi connectivity index (χ3n) is 4.52. The first-order chi connectivity index (χ1) is 13.0. The largest absolute Gasteiger partial charge is 0.469 e. The molecule has 1 aromatic carbocycles. The van der Waals surface area contributed by atoms with Crippen LogP contribution in [0.4, 0.5) is 0 Å². The number of aliphatic imine (C=N–C) groups is 1. The van der Waals surface area contributed by atoms with E-state index >= 15 is 0 Å². The number of amides is 1. The molecule has 2 rings (SSSR count). The Balaban J connectivity index is 0.00000392. The van der Waals surface area contributed by atoms with Gasteiger partial charge in [0.25, 0.3) is 5.91 Å². The number of halogens is 2. The highest BCUT2D eigenvalue weighted by Crippen LogP contribution is 2.24. The first kappa shape index (κ1) is 24.7. The van der Waals surface area contributed by atoms with Crippen molar-refractivity contribution in [3.8, 4) is 0 Å². The van der Waals surface area contributed by atoms with E-state index in [1.165, 1.54) is 7.11 Å². The van der Waals surface area contributed by atoms with E-state index in [-0.39, 0.29) is 47.7 Å². The molecule has 2 unspecified atom stereocenters. The molecule has 1 heterocycles. The Kier molecular flexibility index (Phi) is 10.8. The first-order valence-corrected chi connectivity index (χ1v) is 9.90. The van der Waals surface area contributed by atoms with Crippen LogP contribution >= 0.6 is 39.9 Å². The van der Waals surface area contributed by atoms with E-state index in [0.717, 1.165) is 23.5 Å². The van der Waals surface area contributed by atoms with E-state index in [1.807, 2.05) is 26.0 Å². The Morgan fingerprint density at radius 2 is 1.93 bits per heavy atom. The number of benzene rings is 1. The summed E-state index contributed by atoms with van der Waals surface area (Å²) < 4.78 is 5.82. The average Bonchev–Trinajstić information content (AvgIpc) is 3.05. The van der Waals surface area contributed by atoms with E-state index < -0.39 is 0 Å². The Hall–Kier alpha value is -1.36. The highest BCUT2D eigenvalue weighted by Gasteiger charge is 2.36. The van der Waals surface area contributed by atoms with Gasteiger partial charge < -0.3 is 20.3 Å². The second-order valence-corrected chi connectivity index (χ2v) is 7.43. The number of likely N-dealkylation sites (tertiary alicyclic amines) is 1. The van der Waals surface area contributed by atoms with Crippen LogP contribution in [0.1, 0.15) is 24.2 Å². The number of nitrogens with zero attached hydrogens (tertiary/aromatic N) is 2. The number of carbonyl (C=O) groups is 2. The lowest BCUT2D eigenvalue weighted by Gasteiger charge is -2.21. The number of ether oxygens (including phenoxy) is 1. The van der Waals surface area contributed by atoms with E-state index in [4.69, 9.17) is 4.74 Å². The molecule has 9 heteroatoms. The standard InChI is InChI=1S/C19H27BrN4O3.HI/c1-4-21-19(24-11-13(2)16(12-24)18(26)27-3)23-10-9-22-17(25)14-5-7-15(20)8-6-14;/h5-8,13,16H,4,9-12H2,1-3H3,(H,21,23)(H,22,25);1H. The zero-order valence-corrected chi connectivity index (χ0v) is 20.3. The van der Waals surface area contributed by atoms with Crippen molar-refractivity contribution in [3.05, 3.63) is 34.3 Å². The predicted octanol–water partition coefficient (Wildman–Crippen LogP) is 2.50. The lowest BCUT2D eigenvalue weighted by Crippen LogP contribution is -2.41. The van der Waals surface area contributed by atoms with E-state index in [9.17, 15) is 9.59 Å². The number of carbonyl (C=O) groups excluding carboxylic acids is 2. The van der Waals surface area contributed by atoms with Gasteiger partial charge in [-0.15, -0.1) is 24.0 Å². The Bertz CT molecular complexity index is 684. The Labute approximate surface area is 191 Å². The molecule has 1 aliphatic rings. The number of hydrogen-bond donors (Lipinski definition) is 2. The zero-order chi connectivity index (χ0) is 19.8. The quantitative estimate of drug-likeness (QED) is 0.182. The molecular weight excluding hydrogens is 539 g/mol. The van der Waals surface area contributed by atoms with Gasteiger partial charge in [0.2, 0.25) is 0 Å². The minimum Gasteiger partial charge on any atom is -0.469 e. The molecule has 1 aliphatic heterocycles. The molecule has 0 aliphatic carbocycles. The summed E-state index contributed by atoms with van der Waals surface area (Å²) in [6.07, 6.45) is 0. The lowest BCUT2D eigenvalue weighted by molar-refractivity contribution is -0.145. The topological polar surface area (TPSA) is 83.0 Å². The molecule has 28 heavy (non-hydrogen) atoms. The Morgan fingerprint density at radius 1 is 1.25 bits per heavy atom. The zero-order valence-electron chi connectivity index (χ0n) is 16.4. The monoisotopic (exact) mass is 566 g/mol. The van der Waals surface area contributed by atoms with E-state index in [2.05, 4.69) is 36.5 Å². The molecule has 2 atom stereocenters. The predicted molar refractivity (Wildman–Crippen MR) is 124 cm³/mol. The van der Waals surface area contributed by atoms with E-state index in [0.29, 0.717) is 25.2 Å². The van der Waals surface area contributed by atoms with Crippen molar-refractivity contribution in [2.75, 3.05) is 39.8 Å². The third kappa shape index (κ3) is 6.91. The summed E-state index contributed by atoms with van der Waals surface area (Å²) in [4.78, 5) is 30.7. The fourth-order valence-corrected chi connectivity index (χ4v) is 3.32. The van der Waals surface area contributed by atoms with Crippen molar-refractivity contribution in [1.82, 2.24) is 15.5 Å². The second kappa shape index (κ2) is 12.3. The number of nitrogens with one attached hydrogen (secondary N) is 2. The van der Waals surface area contributed by atoms with Crippen molar-refractivity contribution in [2.24, 2.45) is 16.8 Å². The fourth-order valence-electron chi connectivity index (χ4n) is 3.06. The maximum Gasteiger partial charge on any atom is 0.310 e. The van der Waals surface area contributed by atoms with Crippen molar-refractivity contribution in [1.29, 1.82) is 0 Å². The van der Waals surface area contributed by atoms with Crippen LogP contribution in [0.25, 0.3) is 0 Å². The van der Waals surface area contributed by atoms with Gasteiger partial charge in [-0.1, -0.05) is 22.9 Å². The van der Waals surface area contributed by atoms with Crippen LogP contribution in [0.15, 0.2) is 33.7 Å². The molecule has 1 fully saturated rings. The van der Waals surface area contributed by atoms with Crippen molar-refractivity contribution in [3.63, 3.8) is 0 Å². The molecule has 0 saturated carbocycles. The van der Waals surface area contributed by atoms with Crippen molar-refractivity contribution < 1.29 is 14.3 Å². The highest BCUT2D eigenvalue weighted by molar-refractivity contribution is 14.0. The molecule has 156 valence electrons. The molecule has 1 amide bonds. The van der Waals surface area contributed by atoms with Crippen LogP contribution in [0, 0.1) is 11.8 Å². The van der Waals surface area contributed by atoms with Gasteiger partial charge in [-0.05, 0) is 37.1 Å². The average molecular weight is 567 g/mol. The van der Waals surface area contributed by atoms with Crippen LogP contribution in [0.2, 0.25) is 0 Å². The Morgan fingerprint density at radius 3 is 2.54 bits per heavy atom. The smallest absolute Gasteiger partial charge is 0.310 e. The summed E-state index contributed by atoms with van der Waals surface area (Å²) in [6, 6.07) is 7.21. The van der Waals surface area contributed by atoms with Gasteiger partial charge in [-0.25, -0.2) is 0 Å². The number of hydrogen-bond acceptors (Lipinski definition) is 4. The summed E-state index contributed by atoms with van der Waals surface area (Å²) in [6.45, 7) is 7.01. The van der Waals surface area contributed by atoms with Crippen LogP contribution in [-0.4, -0.2) is 62.6 Å². The van der Waals surface area contributed by atoms with Crippen LogP contribution in [0.3, 0.4) is 0 Å². The maximum atomic E-state index is 12.1. The van der Waals surface area contributed by atoms with E-state index in [1.54, 1.807) is 12.1 Å². The van der Waals surface area contributed by atoms with Gasteiger partial charge in [0.1, 0.15) is 0 Å². The van der Waals surface area contributed by atoms with Crippen LogP contribution in [-0.2, 0) is 9.53 Å². The molecule has 0 bridgehead atoms. The van der Waals surface area contributed by atoms with Gasteiger partial charge in [0, 0.05) is 36.2 Å². The number of esters is 1. The normalized spacial score (nSPS) is 19.0. The third-order valence-corrected chi connectivity index (χ3v) is 5.04. The fraction of sp³-hybridized carbons (Fsp3) is 0.526. The van der Waals surface area contributed by atoms with Crippen molar-refractivity contribution in [2.45, 2.75) is 13.8 Å². The maximum absolute atomic E-state index is 12.1. The molecule has 7 nitrogen and oxygen atoms in total. The summed E-state index contributed by atoms with van der Waals surface area (Å²) in [5.41, 5.74) is 0.614. The molecule has 0 spiro atoms. The summed E-state index contributed by atoms with van der Waals surface area (Å²) in [7, 11) is 1.42. The van der Waals surface area contributed by atoms with Crippen molar-refractivity contribution >= 4 is 57.7 Å². The van der Waals surface area contributed by atoms with Gasteiger partial charge >= 0.3 is 5.97 Å². The highest BCUT2D eigenvalue weighted by atomic mass is 127. The SMILES string of the molecule is CCNC(=NCCNC(=O)c1ccc(Br)cc1)N1CC(C)C(C(=O)OC)C1.I. The summed E-state index contributed by atoms with van der Waals surface area (Å²) in [5.74, 6) is 0.522. The van der Waals surface area contributed by atoms with Gasteiger partial charge in [0.15, 0.2) is 5.96 Å². The van der Waals surface area contributed by atoms with Gasteiger partial charge in [-0.2, -0.15) is 0 Å². The molecule has 0 aromatic heterocycles. The number of guanidine groups is 1. The summed E-state index contributed by atoms with van der Waals surface area (Å²) >= 11 is 3.35. The number of methoxy groups -OCH3 is 1. The van der Waals surface area contributed by atoms with Crippen LogP contribution < -0.4 is 10.6 Å². The molecular formula is C19H28BrIN4O3. The lowest BCUT2D eigenvalue weighted by atomic mass is 9.99. The minimum absolute atomic E-state index is 0. The van der Waals surface area contributed by atoms with Gasteiger partial charge in [0.05, 0.1) is 19.6 Å². The molecule has 2 N–H and O–H groups in total. The van der Waals surface area contributed by atoms with Crippen LogP contribution in [0.5, 0.6) is 0 Å². The molecule has 1 aromatic rings. The van der Waals surface area contributed by atoms with Gasteiger partial charge in [-0.3, -0.25) is 14.6 Å². The summed E-state index contributed by atoms with van der Waals surface area (Å²) in [5, 5.41) is 6.12. The molecule has 1 saturated heterocycles.